The molecule has 54 heavy (non-hydrogen) atoms. The molecule has 0 bridgehead atoms. The maximum Gasteiger partial charge on any atom is 0.460 e. The number of rotatable bonds is 8. The van der Waals surface area contributed by atoms with Crippen molar-refractivity contribution >= 4 is 17.9 Å². The summed E-state index contributed by atoms with van der Waals surface area (Å²) in [4.78, 5) is 36.3. The topological polar surface area (TPSA) is 78.9 Å². The molecule has 1 heterocycles. The summed E-state index contributed by atoms with van der Waals surface area (Å²) in [5.41, 5.74) is 0. The minimum Gasteiger partial charge on any atom is -0.462 e. The Hall–Kier alpha value is -3.65. The van der Waals surface area contributed by atoms with Gasteiger partial charge in [0.2, 0.25) is 0 Å². The summed E-state index contributed by atoms with van der Waals surface area (Å²) in [6, 6.07) is 0. The van der Waals surface area contributed by atoms with E-state index in [1.54, 1.807) is 0 Å². The molecule has 0 saturated heterocycles. The van der Waals surface area contributed by atoms with Crippen molar-refractivity contribution in [3.05, 3.63) is 24.3 Å². The van der Waals surface area contributed by atoms with Crippen molar-refractivity contribution in [2.75, 3.05) is 0 Å². The normalized spacial score (nSPS) is 26.1. The number of hydrogen-bond donors (Lipinski definition) is 0. The van der Waals surface area contributed by atoms with Crippen molar-refractivity contribution in [1.82, 2.24) is 0 Å². The highest BCUT2D eigenvalue weighted by Gasteiger charge is 2.95. The lowest BCUT2D eigenvalue weighted by atomic mass is 9.83. The SMILES string of the molecule is C[C@@H]1OC(=O)/C=C/[C@@H](C(F)(F)C(F)(F)F)[C@@H](C)OC(=O)C[C@H](C)OC(=O)/C=C/[C@H]1C(F)(F)C(F)(F)C(F)(F)C(F)(F)C(F)(F)C(F)(F)C(F)(F)C(F)(F)F. The zero-order chi connectivity index (χ0) is 43.3. The monoisotopic (exact) mass is 846 g/mol. The van der Waals surface area contributed by atoms with Gasteiger partial charge >= 0.3 is 77.6 Å². The lowest BCUT2D eigenvalue weighted by molar-refractivity contribution is -0.463. The third-order valence-corrected chi connectivity index (χ3v) is 7.24. The average Bonchev–Trinajstić information content (AvgIpc) is 2.94. The number of halogens is 22. The summed E-state index contributed by atoms with van der Waals surface area (Å²) in [6.07, 6.45) is -26.1. The molecular formula is C26H20F22O6. The molecule has 314 valence electrons. The first kappa shape index (κ1) is 48.4. The van der Waals surface area contributed by atoms with Crippen molar-refractivity contribution in [2.45, 2.75) is 105 Å². The van der Waals surface area contributed by atoms with Gasteiger partial charge < -0.3 is 14.2 Å². The van der Waals surface area contributed by atoms with E-state index in [-0.39, 0.29) is 6.92 Å². The van der Waals surface area contributed by atoms with Crippen LogP contribution in [0.4, 0.5) is 96.6 Å². The fourth-order valence-corrected chi connectivity index (χ4v) is 4.22. The second-order valence-electron chi connectivity index (χ2n) is 11.2. The number of cyclic esters (lactones) is 3. The van der Waals surface area contributed by atoms with Crippen molar-refractivity contribution in [2.24, 2.45) is 11.8 Å². The second kappa shape index (κ2) is 14.8. The van der Waals surface area contributed by atoms with Crippen molar-refractivity contribution < 1.29 is 125 Å². The van der Waals surface area contributed by atoms with Gasteiger partial charge in [-0.05, 0) is 20.8 Å². The molecule has 0 aromatic rings. The highest BCUT2D eigenvalue weighted by Crippen LogP contribution is 2.64. The number of ether oxygens (including phenoxy) is 3. The first-order valence-corrected chi connectivity index (χ1v) is 13.7. The van der Waals surface area contributed by atoms with Gasteiger partial charge in [0.25, 0.3) is 0 Å². The molecule has 0 aromatic carbocycles. The van der Waals surface area contributed by atoms with Gasteiger partial charge in [-0.25, -0.2) is 9.59 Å². The Morgan fingerprint density at radius 1 is 0.444 bits per heavy atom. The zero-order valence-corrected chi connectivity index (χ0v) is 26.2. The molecule has 0 aliphatic carbocycles. The van der Waals surface area contributed by atoms with E-state index in [4.69, 9.17) is 0 Å². The number of hydrogen-bond acceptors (Lipinski definition) is 6. The highest BCUT2D eigenvalue weighted by molar-refractivity contribution is 5.83. The molecule has 0 saturated carbocycles. The first-order chi connectivity index (χ1) is 23.6. The van der Waals surface area contributed by atoms with E-state index in [1.807, 2.05) is 0 Å². The van der Waals surface area contributed by atoms with E-state index in [0.29, 0.717) is 13.8 Å². The minimum atomic E-state index is -9.01. The average molecular weight is 846 g/mol. The Kier molecular flexibility index (Phi) is 13.2. The van der Waals surface area contributed by atoms with Gasteiger partial charge in [-0.3, -0.25) is 4.79 Å². The second-order valence-corrected chi connectivity index (χ2v) is 11.2. The molecule has 0 unspecified atom stereocenters. The molecule has 1 aliphatic rings. The molecule has 5 atom stereocenters. The van der Waals surface area contributed by atoms with Crippen LogP contribution in [0.5, 0.6) is 0 Å². The highest BCUT2D eigenvalue weighted by atomic mass is 19.4. The molecule has 0 amide bonds. The van der Waals surface area contributed by atoms with Crippen LogP contribution >= 0.6 is 0 Å². The van der Waals surface area contributed by atoms with Crippen LogP contribution in [0.25, 0.3) is 0 Å². The van der Waals surface area contributed by atoms with Crippen LogP contribution in [0.3, 0.4) is 0 Å². The van der Waals surface area contributed by atoms with Crippen LogP contribution in [0, 0.1) is 11.8 Å². The standard InChI is InChI=1S/C26H20F22O6/c1-9-8-16(51)54-11(3)13(18(29,30)25(43,44)45)5-7-15(50)53-10(2)12(4-6-14(49)52-9)17(27,28)19(31,32)20(33,34)21(35,36)22(37,38)23(39,40)24(41,42)26(46,47)48/h4-7,9-13H,8H2,1-3H3/b6-4+,7-5+/t9-,10-,11+,12+,13+/m0/s1. The predicted octanol–water partition coefficient (Wildman–Crippen LogP) is 8.74. The molecule has 0 fully saturated rings. The van der Waals surface area contributed by atoms with Crippen LogP contribution < -0.4 is 0 Å². The van der Waals surface area contributed by atoms with Crippen LogP contribution in [-0.4, -0.2) is 96.0 Å². The fourth-order valence-electron chi connectivity index (χ4n) is 4.22. The Bertz CT molecular complexity index is 1450. The van der Waals surface area contributed by atoms with Crippen LogP contribution in [0.2, 0.25) is 0 Å². The third kappa shape index (κ3) is 8.29. The molecular weight excluding hydrogens is 826 g/mol. The van der Waals surface area contributed by atoms with E-state index in [9.17, 15) is 102 Å². The first-order valence-electron chi connectivity index (χ1n) is 13.7. The lowest BCUT2D eigenvalue weighted by Crippen LogP contribution is -2.75. The van der Waals surface area contributed by atoms with Crippen molar-refractivity contribution in [1.29, 1.82) is 0 Å². The molecule has 0 spiro atoms. The Morgan fingerprint density at radius 3 is 1.17 bits per heavy atom. The molecule has 6 nitrogen and oxygen atoms in total. The van der Waals surface area contributed by atoms with E-state index in [2.05, 4.69) is 14.2 Å². The molecule has 28 heteroatoms. The molecule has 1 rings (SSSR count). The maximum absolute atomic E-state index is 15.2. The van der Waals surface area contributed by atoms with Gasteiger partial charge in [0.1, 0.15) is 18.3 Å². The Balaban J connectivity index is 3.96. The number of carbonyl (C=O) groups excluding carboxylic acids is 3. The minimum absolute atomic E-state index is 0.142. The molecule has 1 aliphatic heterocycles. The van der Waals surface area contributed by atoms with E-state index in [1.165, 1.54) is 0 Å². The summed E-state index contributed by atoms with van der Waals surface area (Å²) >= 11 is 0. The largest absolute Gasteiger partial charge is 0.462 e. The van der Waals surface area contributed by atoms with E-state index < -0.39 is 139 Å². The Labute approximate surface area is 285 Å². The molecule has 0 radical (unpaired) electrons. The molecule has 0 N–H and O–H groups in total. The van der Waals surface area contributed by atoms with Crippen LogP contribution in [0.15, 0.2) is 24.3 Å². The Morgan fingerprint density at radius 2 is 0.778 bits per heavy atom. The van der Waals surface area contributed by atoms with Crippen LogP contribution in [0.1, 0.15) is 27.2 Å². The third-order valence-electron chi connectivity index (χ3n) is 7.24. The van der Waals surface area contributed by atoms with E-state index in [0.717, 1.165) is 0 Å². The van der Waals surface area contributed by atoms with Crippen molar-refractivity contribution in [3.8, 4) is 0 Å². The summed E-state index contributed by atoms with van der Waals surface area (Å²) in [5, 5.41) is 0. The van der Waals surface area contributed by atoms with Crippen molar-refractivity contribution in [3.63, 3.8) is 0 Å². The maximum atomic E-state index is 15.2. The van der Waals surface area contributed by atoms with Gasteiger partial charge in [0.15, 0.2) is 0 Å². The predicted molar refractivity (Wildman–Crippen MR) is 128 cm³/mol. The zero-order valence-electron chi connectivity index (χ0n) is 26.2. The van der Waals surface area contributed by atoms with Gasteiger partial charge in [-0.15, -0.1) is 0 Å². The number of esters is 3. The van der Waals surface area contributed by atoms with Gasteiger partial charge in [0, 0.05) is 12.2 Å². The molecule has 0 aromatic heterocycles. The van der Waals surface area contributed by atoms with E-state index >= 15 is 8.78 Å². The van der Waals surface area contributed by atoms with Gasteiger partial charge in [-0.1, -0.05) is 12.2 Å². The summed E-state index contributed by atoms with van der Waals surface area (Å²) < 4.78 is 316. The number of alkyl halides is 22. The number of carbonyl (C=O) groups is 3. The van der Waals surface area contributed by atoms with Gasteiger partial charge in [-0.2, -0.15) is 96.6 Å². The summed E-state index contributed by atoms with van der Waals surface area (Å²) in [6.45, 7) is 0.895. The summed E-state index contributed by atoms with van der Waals surface area (Å²) in [5.74, 6) is -79.9. The summed E-state index contributed by atoms with van der Waals surface area (Å²) in [7, 11) is 0. The quantitative estimate of drug-likeness (QED) is 0.138. The van der Waals surface area contributed by atoms with Crippen LogP contribution in [-0.2, 0) is 28.6 Å². The fraction of sp³-hybridized carbons (Fsp3) is 0.731. The smallest absolute Gasteiger partial charge is 0.460 e. The van der Waals surface area contributed by atoms with Gasteiger partial charge in [0.05, 0.1) is 18.3 Å². The lowest BCUT2D eigenvalue weighted by Gasteiger charge is -2.44.